The van der Waals surface area contributed by atoms with Gasteiger partial charge in [-0.1, -0.05) is 6.92 Å². The normalized spacial score (nSPS) is 15.4. The van der Waals surface area contributed by atoms with Gasteiger partial charge in [0, 0.05) is 17.6 Å². The summed E-state index contributed by atoms with van der Waals surface area (Å²) in [6, 6.07) is 0.671. The molecule has 1 rings (SSSR count). The Balaban J connectivity index is 2.19. The van der Waals surface area contributed by atoms with E-state index in [1.54, 1.807) is 11.3 Å². The van der Waals surface area contributed by atoms with Gasteiger partial charge in [0.25, 0.3) is 0 Å². The van der Waals surface area contributed by atoms with Crippen LogP contribution < -0.4 is 11.1 Å². The van der Waals surface area contributed by atoms with Crippen molar-refractivity contribution in [2.45, 2.75) is 38.8 Å². The van der Waals surface area contributed by atoms with Gasteiger partial charge in [-0.2, -0.15) is 0 Å². The molecule has 0 aliphatic heterocycles. The van der Waals surface area contributed by atoms with Gasteiger partial charge in [-0.15, -0.1) is 11.3 Å². The van der Waals surface area contributed by atoms with E-state index in [0.717, 1.165) is 24.4 Å². The molecule has 80 valence electrons. The molecular weight excluding hydrogens is 194 g/mol. The van der Waals surface area contributed by atoms with Crippen molar-refractivity contribution in [3.8, 4) is 0 Å². The summed E-state index contributed by atoms with van der Waals surface area (Å²) in [6.07, 6.45) is 3.93. The highest BCUT2D eigenvalue weighted by Gasteiger charge is 2.07. The smallest absolute Gasteiger partial charge is 0.109 e. The first-order valence-electron chi connectivity index (χ1n) is 5.12. The molecule has 0 saturated carbocycles. The van der Waals surface area contributed by atoms with E-state index < -0.39 is 0 Å². The van der Waals surface area contributed by atoms with Crippen LogP contribution in [0, 0.1) is 0 Å². The highest BCUT2D eigenvalue weighted by atomic mass is 32.1. The Morgan fingerprint density at radius 1 is 1.64 bits per heavy atom. The van der Waals surface area contributed by atoms with Gasteiger partial charge >= 0.3 is 0 Å². The summed E-state index contributed by atoms with van der Waals surface area (Å²) in [5, 5.41) is 6.57. The Kier molecular flexibility index (Phi) is 5.07. The number of nitrogens with one attached hydrogen (secondary N) is 1. The van der Waals surface area contributed by atoms with E-state index in [4.69, 9.17) is 5.73 Å². The molecule has 0 aliphatic carbocycles. The van der Waals surface area contributed by atoms with Gasteiger partial charge in [0.2, 0.25) is 0 Å². The summed E-state index contributed by atoms with van der Waals surface area (Å²) in [7, 11) is 0. The average Bonchev–Trinajstić information content (AvgIpc) is 2.70. The van der Waals surface area contributed by atoms with E-state index in [-0.39, 0.29) is 0 Å². The van der Waals surface area contributed by atoms with Gasteiger partial charge in [0.05, 0.1) is 6.04 Å². The first-order chi connectivity index (χ1) is 6.74. The molecule has 4 heteroatoms. The van der Waals surface area contributed by atoms with Crippen LogP contribution in [0.5, 0.6) is 0 Å². The van der Waals surface area contributed by atoms with Gasteiger partial charge < -0.3 is 11.1 Å². The van der Waals surface area contributed by atoms with Gasteiger partial charge in [0.1, 0.15) is 5.01 Å². The predicted molar refractivity (Wildman–Crippen MR) is 61.4 cm³/mol. The van der Waals surface area contributed by atoms with Crippen molar-refractivity contribution in [2.24, 2.45) is 5.73 Å². The maximum Gasteiger partial charge on any atom is 0.109 e. The molecule has 1 heterocycles. The van der Waals surface area contributed by atoms with E-state index in [9.17, 15) is 0 Å². The first kappa shape index (κ1) is 11.6. The molecule has 3 nitrogen and oxygen atoms in total. The Morgan fingerprint density at radius 3 is 3.00 bits per heavy atom. The zero-order chi connectivity index (χ0) is 10.4. The Hall–Kier alpha value is -0.450. The maximum atomic E-state index is 5.82. The van der Waals surface area contributed by atoms with Gasteiger partial charge in [0.15, 0.2) is 0 Å². The standard InChI is InChI=1S/C10H19N3S/c1-3-9(11)4-5-12-8(2)10-13-6-7-14-10/h6-9,12H,3-5,11H2,1-2H3. The third kappa shape index (κ3) is 3.74. The minimum absolute atomic E-state index is 0.325. The van der Waals surface area contributed by atoms with E-state index in [0.29, 0.717) is 12.1 Å². The minimum atomic E-state index is 0.325. The third-order valence-electron chi connectivity index (χ3n) is 2.31. The monoisotopic (exact) mass is 213 g/mol. The van der Waals surface area contributed by atoms with E-state index >= 15 is 0 Å². The van der Waals surface area contributed by atoms with Crippen LogP contribution >= 0.6 is 11.3 Å². The van der Waals surface area contributed by atoms with Gasteiger partial charge in [-0.25, -0.2) is 4.98 Å². The van der Waals surface area contributed by atoms with Crippen molar-refractivity contribution in [1.29, 1.82) is 0 Å². The number of thiazole rings is 1. The number of nitrogens with zero attached hydrogens (tertiary/aromatic N) is 1. The fourth-order valence-electron chi connectivity index (χ4n) is 1.22. The summed E-state index contributed by atoms with van der Waals surface area (Å²) < 4.78 is 0. The molecule has 3 N–H and O–H groups in total. The van der Waals surface area contributed by atoms with E-state index in [1.807, 2.05) is 11.6 Å². The molecule has 0 bridgehead atoms. The average molecular weight is 213 g/mol. The fraction of sp³-hybridized carbons (Fsp3) is 0.700. The second kappa shape index (κ2) is 6.11. The lowest BCUT2D eigenvalue weighted by Crippen LogP contribution is -2.27. The second-order valence-electron chi connectivity index (χ2n) is 3.50. The zero-order valence-corrected chi connectivity index (χ0v) is 9.68. The number of hydrogen-bond acceptors (Lipinski definition) is 4. The molecule has 0 fully saturated rings. The van der Waals surface area contributed by atoms with Crippen LogP contribution in [0.4, 0.5) is 0 Å². The molecular formula is C10H19N3S. The van der Waals surface area contributed by atoms with Gasteiger partial charge in [-0.05, 0) is 26.3 Å². The van der Waals surface area contributed by atoms with Crippen molar-refractivity contribution in [3.05, 3.63) is 16.6 Å². The van der Waals surface area contributed by atoms with Crippen LogP contribution in [0.15, 0.2) is 11.6 Å². The SMILES string of the molecule is CCC(N)CCNC(C)c1nccs1. The minimum Gasteiger partial charge on any atom is -0.328 e. The van der Waals surface area contributed by atoms with Crippen LogP contribution in [0.3, 0.4) is 0 Å². The van der Waals surface area contributed by atoms with Crippen LogP contribution in [-0.4, -0.2) is 17.6 Å². The molecule has 0 saturated heterocycles. The second-order valence-corrected chi connectivity index (χ2v) is 4.43. The molecule has 0 amide bonds. The molecule has 0 radical (unpaired) electrons. The van der Waals surface area contributed by atoms with Crippen LogP contribution in [0.1, 0.15) is 37.7 Å². The van der Waals surface area contributed by atoms with Crippen molar-refractivity contribution in [1.82, 2.24) is 10.3 Å². The van der Waals surface area contributed by atoms with Crippen molar-refractivity contribution < 1.29 is 0 Å². The highest BCUT2D eigenvalue weighted by molar-refractivity contribution is 7.09. The Bertz CT molecular complexity index is 236. The lowest BCUT2D eigenvalue weighted by atomic mass is 10.1. The zero-order valence-electron chi connectivity index (χ0n) is 8.86. The van der Waals surface area contributed by atoms with Crippen LogP contribution in [-0.2, 0) is 0 Å². The first-order valence-corrected chi connectivity index (χ1v) is 6.00. The van der Waals surface area contributed by atoms with Crippen molar-refractivity contribution in [2.75, 3.05) is 6.54 Å². The molecule has 0 spiro atoms. The third-order valence-corrected chi connectivity index (χ3v) is 3.27. The summed E-state index contributed by atoms with van der Waals surface area (Å²) in [5.74, 6) is 0. The van der Waals surface area contributed by atoms with Crippen molar-refractivity contribution >= 4 is 11.3 Å². The number of aromatic nitrogens is 1. The van der Waals surface area contributed by atoms with Crippen LogP contribution in [0.25, 0.3) is 0 Å². The highest BCUT2D eigenvalue weighted by Crippen LogP contribution is 2.14. The molecule has 0 aliphatic rings. The number of rotatable bonds is 6. The largest absolute Gasteiger partial charge is 0.328 e. The summed E-state index contributed by atoms with van der Waals surface area (Å²) in [6.45, 7) is 5.22. The lowest BCUT2D eigenvalue weighted by Gasteiger charge is -2.13. The predicted octanol–water partition coefficient (Wildman–Crippen LogP) is 1.92. The quantitative estimate of drug-likeness (QED) is 0.759. The number of nitrogens with two attached hydrogens (primary N) is 1. The van der Waals surface area contributed by atoms with E-state index in [2.05, 4.69) is 24.1 Å². The molecule has 0 aromatic carbocycles. The van der Waals surface area contributed by atoms with Crippen molar-refractivity contribution in [3.63, 3.8) is 0 Å². The fourth-order valence-corrected chi connectivity index (χ4v) is 1.90. The van der Waals surface area contributed by atoms with E-state index in [1.165, 1.54) is 0 Å². The van der Waals surface area contributed by atoms with Crippen LogP contribution in [0.2, 0.25) is 0 Å². The molecule has 2 unspecified atom stereocenters. The lowest BCUT2D eigenvalue weighted by molar-refractivity contribution is 0.506. The molecule has 14 heavy (non-hydrogen) atoms. The number of hydrogen-bond donors (Lipinski definition) is 2. The molecule has 1 aromatic rings. The Morgan fingerprint density at radius 2 is 2.43 bits per heavy atom. The summed E-state index contributed by atoms with van der Waals surface area (Å²) in [5.41, 5.74) is 5.82. The summed E-state index contributed by atoms with van der Waals surface area (Å²) >= 11 is 1.69. The summed E-state index contributed by atoms with van der Waals surface area (Å²) in [4.78, 5) is 4.26. The van der Waals surface area contributed by atoms with Gasteiger partial charge in [-0.3, -0.25) is 0 Å². The molecule has 1 aromatic heterocycles. The maximum absolute atomic E-state index is 5.82. The topological polar surface area (TPSA) is 50.9 Å². The Labute approximate surface area is 89.7 Å². The molecule has 2 atom stereocenters.